The fourth-order valence-corrected chi connectivity index (χ4v) is 3.57. The van der Waals surface area contributed by atoms with Crippen molar-refractivity contribution in [1.82, 2.24) is 10.2 Å². The van der Waals surface area contributed by atoms with Crippen molar-refractivity contribution in [2.75, 3.05) is 5.32 Å². The van der Waals surface area contributed by atoms with Crippen LogP contribution in [0, 0.1) is 12.7 Å². The number of nitrogens with one attached hydrogen (secondary N) is 1. The molecular formula is C14H10FN3OS2. The van der Waals surface area contributed by atoms with Crippen LogP contribution in [0.5, 0.6) is 0 Å². The van der Waals surface area contributed by atoms with Gasteiger partial charge in [0.05, 0.1) is 4.88 Å². The zero-order valence-electron chi connectivity index (χ0n) is 11.0. The molecule has 0 spiro atoms. The molecule has 0 unspecified atom stereocenters. The van der Waals surface area contributed by atoms with Gasteiger partial charge in [0.25, 0.3) is 5.91 Å². The number of hydrogen-bond donors (Lipinski definition) is 1. The summed E-state index contributed by atoms with van der Waals surface area (Å²) < 4.78 is 13.1. The van der Waals surface area contributed by atoms with Crippen LogP contribution in [0.2, 0.25) is 0 Å². The van der Waals surface area contributed by atoms with Crippen LogP contribution in [0.25, 0.3) is 9.88 Å². The SMILES string of the molecule is Cc1ccsc1-c1nnc(NC(=O)c2cccc(F)c2)s1. The molecule has 0 bridgehead atoms. The molecule has 1 aromatic carbocycles. The van der Waals surface area contributed by atoms with Gasteiger partial charge in [-0.3, -0.25) is 10.1 Å². The standard InChI is InChI=1S/C14H10FN3OS2/c1-8-5-6-20-11(8)13-17-18-14(21-13)16-12(19)9-3-2-4-10(15)7-9/h2-7H,1H3,(H,16,18,19). The summed E-state index contributed by atoms with van der Waals surface area (Å²) in [5.74, 6) is -0.852. The van der Waals surface area contributed by atoms with E-state index in [4.69, 9.17) is 0 Å². The second-order valence-corrected chi connectivity index (χ2v) is 6.20. The monoisotopic (exact) mass is 319 g/mol. The molecule has 3 rings (SSSR count). The minimum atomic E-state index is -0.449. The molecule has 4 nitrogen and oxygen atoms in total. The van der Waals surface area contributed by atoms with Crippen molar-refractivity contribution in [3.63, 3.8) is 0 Å². The predicted molar refractivity (Wildman–Crippen MR) is 82.3 cm³/mol. The minimum absolute atomic E-state index is 0.249. The smallest absolute Gasteiger partial charge is 0.257 e. The van der Waals surface area contributed by atoms with E-state index in [1.54, 1.807) is 17.4 Å². The summed E-state index contributed by atoms with van der Waals surface area (Å²) in [6.45, 7) is 2.00. The number of aromatic nitrogens is 2. The molecule has 106 valence electrons. The van der Waals surface area contributed by atoms with E-state index in [1.807, 2.05) is 18.4 Å². The Morgan fingerprint density at radius 3 is 2.86 bits per heavy atom. The Kier molecular flexibility index (Phi) is 3.76. The van der Waals surface area contributed by atoms with Crippen LogP contribution in [0.1, 0.15) is 15.9 Å². The molecule has 1 amide bonds. The number of nitrogens with zero attached hydrogens (tertiary/aromatic N) is 2. The van der Waals surface area contributed by atoms with Crippen LogP contribution < -0.4 is 5.32 Å². The van der Waals surface area contributed by atoms with Crippen LogP contribution in [0.4, 0.5) is 9.52 Å². The Hall–Kier alpha value is -2.12. The van der Waals surface area contributed by atoms with Crippen molar-refractivity contribution in [2.24, 2.45) is 0 Å². The van der Waals surface area contributed by atoms with Gasteiger partial charge in [-0.15, -0.1) is 21.5 Å². The first-order valence-electron chi connectivity index (χ1n) is 6.08. The normalized spacial score (nSPS) is 10.6. The lowest BCUT2D eigenvalue weighted by molar-refractivity contribution is 0.102. The minimum Gasteiger partial charge on any atom is -0.296 e. The first-order valence-corrected chi connectivity index (χ1v) is 7.78. The van der Waals surface area contributed by atoms with Gasteiger partial charge in [0, 0.05) is 5.56 Å². The Morgan fingerprint density at radius 1 is 1.29 bits per heavy atom. The highest BCUT2D eigenvalue weighted by molar-refractivity contribution is 7.23. The summed E-state index contributed by atoms with van der Waals surface area (Å²) >= 11 is 2.87. The van der Waals surface area contributed by atoms with Gasteiger partial charge in [0.2, 0.25) is 5.13 Å². The number of rotatable bonds is 3. The van der Waals surface area contributed by atoms with Gasteiger partial charge < -0.3 is 0 Å². The molecule has 0 saturated heterocycles. The Balaban J connectivity index is 1.79. The van der Waals surface area contributed by atoms with Crippen molar-refractivity contribution < 1.29 is 9.18 Å². The number of aryl methyl sites for hydroxylation is 1. The molecule has 21 heavy (non-hydrogen) atoms. The lowest BCUT2D eigenvalue weighted by atomic mass is 10.2. The Labute approximate surface area is 128 Å². The summed E-state index contributed by atoms with van der Waals surface area (Å²) in [4.78, 5) is 13.0. The molecule has 0 aliphatic rings. The van der Waals surface area contributed by atoms with E-state index in [0.29, 0.717) is 5.13 Å². The maximum atomic E-state index is 13.1. The summed E-state index contributed by atoms with van der Waals surface area (Å²) in [6.07, 6.45) is 0. The molecule has 0 saturated carbocycles. The Morgan fingerprint density at radius 2 is 2.14 bits per heavy atom. The summed E-state index contributed by atoms with van der Waals surface area (Å²) in [7, 11) is 0. The summed E-state index contributed by atoms with van der Waals surface area (Å²) in [6, 6.07) is 7.51. The topological polar surface area (TPSA) is 54.9 Å². The number of hydrogen-bond acceptors (Lipinski definition) is 5. The molecule has 2 heterocycles. The van der Waals surface area contributed by atoms with E-state index in [2.05, 4.69) is 15.5 Å². The number of carbonyl (C=O) groups excluding carboxylic acids is 1. The highest BCUT2D eigenvalue weighted by atomic mass is 32.1. The first-order chi connectivity index (χ1) is 10.1. The van der Waals surface area contributed by atoms with Crippen molar-refractivity contribution in [3.8, 4) is 9.88 Å². The molecule has 0 aliphatic carbocycles. The zero-order valence-corrected chi connectivity index (χ0v) is 12.6. The fraction of sp³-hybridized carbons (Fsp3) is 0.0714. The number of anilines is 1. The zero-order chi connectivity index (χ0) is 14.8. The van der Waals surface area contributed by atoms with E-state index >= 15 is 0 Å². The van der Waals surface area contributed by atoms with Gasteiger partial charge in [-0.2, -0.15) is 0 Å². The predicted octanol–water partition coefficient (Wildman–Crippen LogP) is 3.97. The number of halogens is 1. The highest BCUT2D eigenvalue weighted by Gasteiger charge is 2.13. The quantitative estimate of drug-likeness (QED) is 0.795. The van der Waals surface area contributed by atoms with Gasteiger partial charge in [0.1, 0.15) is 5.82 Å². The number of amides is 1. The molecular weight excluding hydrogens is 309 g/mol. The molecule has 0 radical (unpaired) electrons. The van der Waals surface area contributed by atoms with E-state index in [0.717, 1.165) is 15.4 Å². The summed E-state index contributed by atoms with van der Waals surface area (Å²) in [5.41, 5.74) is 1.37. The van der Waals surface area contributed by atoms with Crippen molar-refractivity contribution >= 4 is 33.7 Å². The van der Waals surface area contributed by atoms with Crippen LogP contribution in [-0.2, 0) is 0 Å². The van der Waals surface area contributed by atoms with Crippen LogP contribution >= 0.6 is 22.7 Å². The van der Waals surface area contributed by atoms with Gasteiger partial charge in [0.15, 0.2) is 5.01 Å². The molecule has 0 fully saturated rings. The molecule has 7 heteroatoms. The van der Waals surface area contributed by atoms with Crippen molar-refractivity contribution in [3.05, 3.63) is 52.7 Å². The van der Waals surface area contributed by atoms with E-state index in [-0.39, 0.29) is 5.56 Å². The molecule has 0 aliphatic heterocycles. The number of benzene rings is 1. The molecule has 3 aromatic rings. The van der Waals surface area contributed by atoms with E-state index < -0.39 is 11.7 Å². The van der Waals surface area contributed by atoms with Crippen LogP contribution in [0.3, 0.4) is 0 Å². The van der Waals surface area contributed by atoms with Crippen molar-refractivity contribution in [1.29, 1.82) is 0 Å². The molecule has 1 N–H and O–H groups in total. The van der Waals surface area contributed by atoms with Crippen LogP contribution in [-0.4, -0.2) is 16.1 Å². The number of thiophene rings is 1. The van der Waals surface area contributed by atoms with Crippen molar-refractivity contribution in [2.45, 2.75) is 6.92 Å². The van der Waals surface area contributed by atoms with Gasteiger partial charge in [-0.25, -0.2) is 4.39 Å². The average Bonchev–Trinajstić information content (AvgIpc) is 3.07. The maximum absolute atomic E-state index is 13.1. The fourth-order valence-electron chi connectivity index (χ4n) is 1.76. The molecule has 2 aromatic heterocycles. The van der Waals surface area contributed by atoms with Gasteiger partial charge >= 0.3 is 0 Å². The largest absolute Gasteiger partial charge is 0.296 e. The van der Waals surface area contributed by atoms with Gasteiger partial charge in [-0.05, 0) is 42.1 Å². The molecule has 0 atom stereocenters. The highest BCUT2D eigenvalue weighted by Crippen LogP contribution is 2.32. The lowest BCUT2D eigenvalue weighted by Gasteiger charge is -2.00. The van der Waals surface area contributed by atoms with Gasteiger partial charge in [-0.1, -0.05) is 17.4 Å². The average molecular weight is 319 g/mol. The third-order valence-electron chi connectivity index (χ3n) is 2.79. The third kappa shape index (κ3) is 2.98. The van der Waals surface area contributed by atoms with E-state index in [1.165, 1.54) is 29.5 Å². The third-order valence-corrected chi connectivity index (χ3v) is 4.80. The second kappa shape index (κ2) is 5.71. The number of carbonyl (C=O) groups is 1. The van der Waals surface area contributed by atoms with Crippen LogP contribution in [0.15, 0.2) is 35.7 Å². The second-order valence-electron chi connectivity index (χ2n) is 4.31. The lowest BCUT2D eigenvalue weighted by Crippen LogP contribution is -2.11. The summed E-state index contributed by atoms with van der Waals surface area (Å²) in [5, 5.41) is 13.8. The Bertz CT molecular complexity index is 797. The first kappa shape index (κ1) is 13.8. The van der Waals surface area contributed by atoms with E-state index in [9.17, 15) is 9.18 Å². The maximum Gasteiger partial charge on any atom is 0.257 e.